The molecule has 5 rings (SSSR count). The molecule has 1 amide bonds. The van der Waals surface area contributed by atoms with Crippen LogP contribution in [0.4, 0.5) is 0 Å². The maximum atomic E-state index is 12.7. The van der Waals surface area contributed by atoms with Crippen LogP contribution in [0.3, 0.4) is 0 Å². The Morgan fingerprint density at radius 2 is 1.59 bits per heavy atom. The van der Waals surface area contributed by atoms with Crippen LogP contribution in [0.5, 0.6) is 5.75 Å². The number of benzene rings is 1. The van der Waals surface area contributed by atoms with Gasteiger partial charge in [0.1, 0.15) is 5.75 Å². The van der Waals surface area contributed by atoms with E-state index < -0.39 is 12.1 Å². The van der Waals surface area contributed by atoms with E-state index >= 15 is 0 Å². The van der Waals surface area contributed by atoms with Gasteiger partial charge in [0.15, 0.2) is 18.5 Å². The Hall–Kier alpha value is -2.37. The number of ketones is 1. The van der Waals surface area contributed by atoms with Gasteiger partial charge in [0, 0.05) is 11.1 Å². The van der Waals surface area contributed by atoms with Crippen LogP contribution >= 0.6 is 0 Å². The number of hydrogen-bond donors (Lipinski definition) is 1. The van der Waals surface area contributed by atoms with E-state index in [-0.39, 0.29) is 23.8 Å². The van der Waals surface area contributed by atoms with Gasteiger partial charge >= 0.3 is 5.97 Å². The molecule has 1 aromatic carbocycles. The second kappa shape index (κ2) is 7.81. The van der Waals surface area contributed by atoms with Gasteiger partial charge in [0.2, 0.25) is 0 Å². The van der Waals surface area contributed by atoms with Crippen molar-refractivity contribution in [2.24, 2.45) is 17.8 Å². The van der Waals surface area contributed by atoms with Gasteiger partial charge in [0.25, 0.3) is 5.91 Å². The predicted octanol–water partition coefficient (Wildman–Crippen LogP) is 3.28. The molecule has 0 radical (unpaired) electrons. The number of carbonyl (C=O) groups excluding carboxylic acids is 3. The van der Waals surface area contributed by atoms with Gasteiger partial charge in [-0.2, -0.15) is 0 Å². The van der Waals surface area contributed by atoms with Gasteiger partial charge in [0.05, 0.1) is 0 Å². The lowest BCUT2D eigenvalue weighted by atomic mass is 9.53. The van der Waals surface area contributed by atoms with Gasteiger partial charge < -0.3 is 14.8 Å². The van der Waals surface area contributed by atoms with Crippen LogP contribution < -0.4 is 10.1 Å². The van der Waals surface area contributed by atoms with Crippen molar-refractivity contribution in [1.29, 1.82) is 0 Å². The fourth-order valence-corrected chi connectivity index (χ4v) is 5.84. The normalized spacial score (nSPS) is 30.5. The summed E-state index contributed by atoms with van der Waals surface area (Å²) in [6.45, 7) is 2.81. The average Bonchev–Trinajstić information content (AvgIpc) is 2.65. The van der Waals surface area contributed by atoms with Crippen molar-refractivity contribution in [2.75, 3.05) is 6.61 Å². The van der Waals surface area contributed by atoms with Crippen molar-refractivity contribution < 1.29 is 23.9 Å². The third-order valence-corrected chi connectivity index (χ3v) is 6.72. The first-order chi connectivity index (χ1) is 13.8. The highest BCUT2D eigenvalue weighted by Crippen LogP contribution is 2.55. The maximum Gasteiger partial charge on any atom is 0.344 e. The van der Waals surface area contributed by atoms with E-state index in [2.05, 4.69) is 5.32 Å². The molecule has 0 heterocycles. The third kappa shape index (κ3) is 4.46. The monoisotopic (exact) mass is 399 g/mol. The van der Waals surface area contributed by atoms with Crippen LogP contribution in [0, 0.1) is 17.8 Å². The number of amides is 1. The minimum absolute atomic E-state index is 0.0326. The van der Waals surface area contributed by atoms with Crippen LogP contribution in [-0.2, 0) is 14.3 Å². The molecule has 4 fully saturated rings. The van der Waals surface area contributed by atoms with Crippen molar-refractivity contribution in [3.63, 3.8) is 0 Å². The zero-order chi connectivity index (χ0) is 20.6. The summed E-state index contributed by atoms with van der Waals surface area (Å²) in [5.41, 5.74) is 0.483. The van der Waals surface area contributed by atoms with Crippen molar-refractivity contribution in [3.8, 4) is 5.75 Å². The molecule has 1 atom stereocenters. The minimum atomic E-state index is -0.848. The fourth-order valence-electron chi connectivity index (χ4n) is 5.84. The molecule has 4 aliphatic carbocycles. The Bertz CT molecular complexity index is 765. The van der Waals surface area contributed by atoms with Gasteiger partial charge in [-0.25, -0.2) is 4.79 Å². The molecule has 4 saturated carbocycles. The summed E-state index contributed by atoms with van der Waals surface area (Å²) in [5, 5.41) is 3.23. The van der Waals surface area contributed by atoms with E-state index in [4.69, 9.17) is 9.47 Å². The average molecular weight is 399 g/mol. The summed E-state index contributed by atoms with van der Waals surface area (Å²) in [6.07, 6.45) is 6.26. The molecular weight excluding hydrogens is 370 g/mol. The van der Waals surface area contributed by atoms with Crippen molar-refractivity contribution in [1.82, 2.24) is 5.32 Å². The molecular formula is C23H29NO5. The third-order valence-electron chi connectivity index (χ3n) is 6.72. The summed E-state index contributed by atoms with van der Waals surface area (Å²) >= 11 is 0. The number of Topliss-reactive ketones (excluding diaryl/α,β-unsaturated/α-hetero) is 1. The smallest absolute Gasteiger partial charge is 0.344 e. The van der Waals surface area contributed by atoms with Crippen LogP contribution in [0.1, 0.15) is 62.7 Å². The standard InChI is InChI=1S/C23H29NO5/c1-14(25)19-3-5-20(6-4-19)28-13-21(26)29-15(2)22(27)24-23-10-16-7-17(11-23)9-18(8-16)12-23/h3-6,15-18H,7-13H2,1-2H3,(H,24,27)/t15-,16?,17?,18?,23?/m1/s1. The molecule has 6 heteroatoms. The second-order valence-corrected chi connectivity index (χ2v) is 9.19. The summed E-state index contributed by atoms with van der Waals surface area (Å²) in [5.74, 6) is 1.85. The number of rotatable bonds is 7. The van der Waals surface area contributed by atoms with Crippen LogP contribution in [0.25, 0.3) is 0 Å². The molecule has 1 aromatic rings. The van der Waals surface area contributed by atoms with E-state index in [1.54, 1.807) is 31.2 Å². The predicted molar refractivity (Wildman–Crippen MR) is 107 cm³/mol. The molecule has 1 N–H and O–H groups in total. The van der Waals surface area contributed by atoms with Gasteiger partial charge in [-0.3, -0.25) is 9.59 Å². The largest absolute Gasteiger partial charge is 0.482 e. The first-order valence-corrected chi connectivity index (χ1v) is 10.6. The minimum Gasteiger partial charge on any atom is -0.482 e. The first-order valence-electron chi connectivity index (χ1n) is 10.6. The fraction of sp³-hybridized carbons (Fsp3) is 0.609. The maximum absolute atomic E-state index is 12.7. The lowest BCUT2D eigenvalue weighted by Gasteiger charge is -2.57. The van der Waals surface area contributed by atoms with E-state index in [1.165, 1.54) is 26.2 Å². The van der Waals surface area contributed by atoms with Gasteiger partial charge in [-0.05, 0) is 94.4 Å². The first kappa shape index (κ1) is 19.9. The quantitative estimate of drug-likeness (QED) is 0.562. The van der Waals surface area contributed by atoms with E-state index in [0.29, 0.717) is 11.3 Å². The lowest BCUT2D eigenvalue weighted by Crippen LogP contribution is -2.61. The summed E-state index contributed by atoms with van der Waals surface area (Å²) in [4.78, 5) is 36.1. The molecule has 6 nitrogen and oxygen atoms in total. The van der Waals surface area contributed by atoms with Crippen molar-refractivity contribution >= 4 is 17.7 Å². The Labute approximate surface area is 171 Å². The van der Waals surface area contributed by atoms with Crippen LogP contribution in [0.2, 0.25) is 0 Å². The number of carbonyl (C=O) groups is 3. The lowest BCUT2D eigenvalue weighted by molar-refractivity contribution is -0.158. The highest BCUT2D eigenvalue weighted by molar-refractivity contribution is 5.94. The summed E-state index contributed by atoms with van der Waals surface area (Å²) < 4.78 is 10.7. The molecule has 0 aromatic heterocycles. The highest BCUT2D eigenvalue weighted by atomic mass is 16.6. The van der Waals surface area contributed by atoms with E-state index in [1.807, 2.05) is 0 Å². The Morgan fingerprint density at radius 3 is 2.10 bits per heavy atom. The number of esters is 1. The number of ether oxygens (including phenoxy) is 2. The molecule has 0 aliphatic heterocycles. The van der Waals surface area contributed by atoms with E-state index in [9.17, 15) is 14.4 Å². The summed E-state index contributed by atoms with van der Waals surface area (Å²) in [6, 6.07) is 6.55. The highest BCUT2D eigenvalue weighted by Gasteiger charge is 2.51. The number of nitrogens with one attached hydrogen (secondary N) is 1. The zero-order valence-corrected chi connectivity index (χ0v) is 17.1. The Morgan fingerprint density at radius 1 is 1.03 bits per heavy atom. The molecule has 0 unspecified atom stereocenters. The summed E-state index contributed by atoms with van der Waals surface area (Å²) in [7, 11) is 0. The molecule has 0 saturated heterocycles. The molecule has 4 bridgehead atoms. The number of hydrogen-bond acceptors (Lipinski definition) is 5. The van der Waals surface area contributed by atoms with Gasteiger partial charge in [-0.1, -0.05) is 0 Å². The molecule has 29 heavy (non-hydrogen) atoms. The zero-order valence-electron chi connectivity index (χ0n) is 17.1. The SMILES string of the molecule is CC(=O)c1ccc(OCC(=O)O[C@H](C)C(=O)NC23CC4CC(CC(C4)C2)C3)cc1. The van der Waals surface area contributed by atoms with Crippen LogP contribution in [0.15, 0.2) is 24.3 Å². The Balaban J connectivity index is 1.25. The van der Waals surface area contributed by atoms with Crippen LogP contribution in [-0.4, -0.2) is 35.9 Å². The Kier molecular flexibility index (Phi) is 5.36. The molecule has 156 valence electrons. The topological polar surface area (TPSA) is 81.7 Å². The second-order valence-electron chi connectivity index (χ2n) is 9.19. The molecule has 4 aliphatic rings. The van der Waals surface area contributed by atoms with Crippen molar-refractivity contribution in [3.05, 3.63) is 29.8 Å². The van der Waals surface area contributed by atoms with Gasteiger partial charge in [-0.15, -0.1) is 0 Å². The van der Waals surface area contributed by atoms with E-state index in [0.717, 1.165) is 37.0 Å². The molecule has 0 spiro atoms. The van der Waals surface area contributed by atoms with Crippen molar-refractivity contribution in [2.45, 2.75) is 64.0 Å².